The number of carboxylic acids is 1. The normalized spacial score (nSPS) is 12.1. The molecule has 0 saturated heterocycles. The molecular formula is C27H23ClF3N3O4S2. The Hall–Kier alpha value is -3.32. The van der Waals surface area contributed by atoms with Crippen LogP contribution in [-0.4, -0.2) is 29.0 Å². The zero-order chi connectivity index (χ0) is 29.6. The van der Waals surface area contributed by atoms with E-state index in [1.807, 2.05) is 13.8 Å². The minimum Gasteiger partial charge on any atom is -0.478 e. The van der Waals surface area contributed by atoms with Crippen LogP contribution in [0.4, 0.5) is 13.2 Å². The van der Waals surface area contributed by atoms with Crippen molar-refractivity contribution in [1.82, 2.24) is 9.55 Å². The first-order chi connectivity index (χ1) is 18.6. The number of hydrogen-bond acceptors (Lipinski definition) is 5. The van der Waals surface area contributed by atoms with Crippen LogP contribution in [-0.2, 0) is 21.2 Å². The number of sulfonamides is 1. The molecule has 7 nitrogen and oxygen atoms in total. The number of aromatic carboxylic acids is 1. The molecule has 0 unspecified atom stereocenters. The highest BCUT2D eigenvalue weighted by molar-refractivity contribution is 7.98. The zero-order valence-corrected chi connectivity index (χ0v) is 23.8. The number of benzene rings is 3. The van der Waals surface area contributed by atoms with E-state index >= 15 is 0 Å². The van der Waals surface area contributed by atoms with Gasteiger partial charge in [-0.1, -0.05) is 43.3 Å². The van der Waals surface area contributed by atoms with E-state index in [2.05, 4.69) is 4.98 Å². The van der Waals surface area contributed by atoms with E-state index < -0.39 is 44.4 Å². The number of carbonyl (C=O) groups is 1. The van der Waals surface area contributed by atoms with Crippen LogP contribution in [0.1, 0.15) is 46.6 Å². The molecule has 3 N–H and O–H groups in total. The number of nitrogens with zero attached hydrogens (tertiary/aromatic N) is 2. The topological polar surface area (TPSA) is 115 Å². The number of aryl methyl sites for hydroxylation is 1. The molecule has 0 aliphatic carbocycles. The predicted molar refractivity (Wildman–Crippen MR) is 146 cm³/mol. The molecule has 4 rings (SSSR count). The van der Waals surface area contributed by atoms with E-state index in [-0.39, 0.29) is 21.2 Å². The van der Waals surface area contributed by atoms with E-state index in [1.54, 1.807) is 29.8 Å². The van der Waals surface area contributed by atoms with E-state index in [9.17, 15) is 26.4 Å². The van der Waals surface area contributed by atoms with E-state index in [0.717, 1.165) is 23.9 Å². The molecule has 210 valence electrons. The minimum absolute atomic E-state index is 0.0675. The van der Waals surface area contributed by atoms with Crippen LogP contribution in [0, 0.1) is 24.4 Å². The van der Waals surface area contributed by atoms with Crippen molar-refractivity contribution in [2.45, 2.75) is 42.0 Å². The highest BCUT2D eigenvalue weighted by Gasteiger charge is 2.31. The SMILES string of the molecule is Cc1cc(-n2c(C(C)(C)c3ccc(S(N)(=O)=O)c(Cl)c3)cnc2SCc2c(F)cc(C(=O)O)cc2F)ccc1F. The maximum absolute atomic E-state index is 14.6. The van der Waals surface area contributed by atoms with Crippen LogP contribution in [0.5, 0.6) is 0 Å². The third-order valence-electron chi connectivity index (χ3n) is 6.46. The fourth-order valence-corrected chi connectivity index (χ4v) is 6.27. The van der Waals surface area contributed by atoms with E-state index in [1.165, 1.54) is 24.3 Å². The van der Waals surface area contributed by atoms with E-state index in [0.29, 0.717) is 27.7 Å². The molecule has 1 aromatic heterocycles. The van der Waals surface area contributed by atoms with Gasteiger partial charge in [0, 0.05) is 22.4 Å². The molecule has 0 aliphatic rings. The Kier molecular flexibility index (Phi) is 8.10. The molecule has 4 aromatic rings. The van der Waals surface area contributed by atoms with Crippen molar-refractivity contribution in [3.05, 3.63) is 105 Å². The summed E-state index contributed by atoms with van der Waals surface area (Å²) >= 11 is 7.25. The van der Waals surface area contributed by atoms with E-state index in [4.69, 9.17) is 21.8 Å². The lowest BCUT2D eigenvalue weighted by Gasteiger charge is -2.28. The third kappa shape index (κ3) is 5.75. The lowest BCUT2D eigenvalue weighted by Crippen LogP contribution is -2.23. The van der Waals surface area contributed by atoms with Gasteiger partial charge in [0.2, 0.25) is 10.0 Å². The average molecular weight is 610 g/mol. The first-order valence-electron chi connectivity index (χ1n) is 11.6. The fraction of sp³-hybridized carbons (Fsp3) is 0.185. The number of nitrogens with two attached hydrogens (primary N) is 1. The molecule has 0 saturated carbocycles. The van der Waals surface area contributed by atoms with Gasteiger partial charge in [-0.3, -0.25) is 4.57 Å². The average Bonchev–Trinajstić information content (AvgIpc) is 3.29. The molecule has 0 fully saturated rings. The van der Waals surface area contributed by atoms with Gasteiger partial charge < -0.3 is 5.11 Å². The molecule has 0 radical (unpaired) electrons. The van der Waals surface area contributed by atoms with Gasteiger partial charge in [0.1, 0.15) is 22.3 Å². The molecule has 40 heavy (non-hydrogen) atoms. The molecule has 0 bridgehead atoms. The second kappa shape index (κ2) is 10.9. The Morgan fingerprint density at radius 2 is 1.73 bits per heavy atom. The van der Waals surface area contributed by atoms with Gasteiger partial charge in [-0.05, 0) is 60.5 Å². The van der Waals surface area contributed by atoms with Crippen molar-refractivity contribution in [1.29, 1.82) is 0 Å². The number of hydrogen-bond donors (Lipinski definition) is 2. The monoisotopic (exact) mass is 609 g/mol. The highest BCUT2D eigenvalue weighted by atomic mass is 35.5. The Labute approximate surface area is 237 Å². The van der Waals surface area contributed by atoms with Crippen LogP contribution >= 0.6 is 23.4 Å². The number of rotatable bonds is 8. The first-order valence-corrected chi connectivity index (χ1v) is 14.5. The molecule has 1 heterocycles. The number of primary sulfonamides is 1. The van der Waals surface area contributed by atoms with Gasteiger partial charge in [0.05, 0.1) is 22.5 Å². The molecule has 3 aromatic carbocycles. The van der Waals surface area contributed by atoms with Gasteiger partial charge >= 0.3 is 5.97 Å². The number of halogens is 4. The summed E-state index contributed by atoms with van der Waals surface area (Å²) in [6.07, 6.45) is 1.56. The summed E-state index contributed by atoms with van der Waals surface area (Å²) in [7, 11) is -4.05. The van der Waals surface area contributed by atoms with Crippen LogP contribution in [0.15, 0.2) is 64.8 Å². The Balaban J connectivity index is 1.82. The lowest BCUT2D eigenvalue weighted by molar-refractivity contribution is 0.0695. The summed E-state index contributed by atoms with van der Waals surface area (Å²) in [5.41, 5.74) is 0.387. The fourth-order valence-electron chi connectivity index (χ4n) is 4.16. The van der Waals surface area contributed by atoms with Crippen LogP contribution < -0.4 is 5.14 Å². The summed E-state index contributed by atoms with van der Waals surface area (Å²) < 4.78 is 68.8. The predicted octanol–water partition coefficient (Wildman–Crippen LogP) is 6.22. The van der Waals surface area contributed by atoms with Gasteiger partial charge in [0.25, 0.3) is 0 Å². The second-order valence-electron chi connectivity index (χ2n) is 9.52. The smallest absolute Gasteiger partial charge is 0.335 e. The molecule has 0 amide bonds. The van der Waals surface area contributed by atoms with Crippen LogP contribution in [0.2, 0.25) is 5.02 Å². The number of aromatic nitrogens is 2. The molecular weight excluding hydrogens is 587 g/mol. The lowest BCUT2D eigenvalue weighted by atomic mass is 9.81. The quantitative estimate of drug-likeness (QED) is 0.229. The molecule has 0 atom stereocenters. The van der Waals surface area contributed by atoms with Crippen LogP contribution in [0.25, 0.3) is 5.69 Å². The van der Waals surface area contributed by atoms with Crippen molar-refractivity contribution >= 4 is 39.4 Å². The van der Waals surface area contributed by atoms with Crippen molar-refractivity contribution in [3.8, 4) is 5.69 Å². The maximum Gasteiger partial charge on any atom is 0.335 e. The minimum atomic E-state index is -4.05. The number of carboxylic acid groups (broad SMARTS) is 1. The van der Waals surface area contributed by atoms with Gasteiger partial charge in [-0.25, -0.2) is 36.5 Å². The van der Waals surface area contributed by atoms with Crippen LogP contribution in [0.3, 0.4) is 0 Å². The van der Waals surface area contributed by atoms with Crippen molar-refractivity contribution in [2.75, 3.05) is 0 Å². The molecule has 0 spiro atoms. The molecule has 13 heteroatoms. The standard InChI is InChI=1S/C27H23ClF3N3O4S2/c1-14-8-17(5-6-20(14)29)34-24(27(2,3)16-4-7-23(19(28)11-16)40(32,37)38)12-33-26(34)39-13-18-21(30)9-15(25(35)36)10-22(18)31/h4-12H,13H2,1-3H3,(H,35,36)(H2,32,37,38). The Morgan fingerprint density at radius 3 is 2.27 bits per heavy atom. The third-order valence-corrected chi connectivity index (χ3v) is 8.84. The number of imidazole rings is 1. The number of thioether (sulfide) groups is 1. The van der Waals surface area contributed by atoms with Crippen molar-refractivity contribution < 1.29 is 31.5 Å². The zero-order valence-electron chi connectivity index (χ0n) is 21.4. The Bertz CT molecular complexity index is 1730. The molecule has 0 aliphatic heterocycles. The first kappa shape index (κ1) is 29.7. The summed E-state index contributed by atoms with van der Waals surface area (Å²) in [4.78, 5) is 15.4. The summed E-state index contributed by atoms with van der Waals surface area (Å²) in [5, 5.41) is 14.6. The summed E-state index contributed by atoms with van der Waals surface area (Å²) in [6.45, 7) is 5.28. The van der Waals surface area contributed by atoms with Gasteiger partial charge in [-0.15, -0.1) is 0 Å². The van der Waals surface area contributed by atoms with Crippen molar-refractivity contribution in [2.24, 2.45) is 5.14 Å². The van der Waals surface area contributed by atoms with Gasteiger partial charge in [-0.2, -0.15) is 0 Å². The largest absolute Gasteiger partial charge is 0.478 e. The highest BCUT2D eigenvalue weighted by Crippen LogP contribution is 2.39. The second-order valence-corrected chi connectivity index (χ2v) is 12.4. The van der Waals surface area contributed by atoms with Crippen molar-refractivity contribution in [3.63, 3.8) is 0 Å². The Morgan fingerprint density at radius 1 is 1.07 bits per heavy atom. The maximum atomic E-state index is 14.6. The summed E-state index contributed by atoms with van der Waals surface area (Å²) in [5.74, 6) is -4.12. The van der Waals surface area contributed by atoms with Gasteiger partial charge in [0.15, 0.2) is 5.16 Å². The summed E-state index contributed by atoms with van der Waals surface area (Å²) in [6, 6.07) is 10.3.